The zero-order chi connectivity index (χ0) is 17.5. The number of benzene rings is 1. The van der Waals surface area contributed by atoms with E-state index in [-0.39, 0.29) is 22.9 Å². The second-order valence-electron chi connectivity index (χ2n) is 5.87. The molecule has 1 N–H and O–H groups in total. The highest BCUT2D eigenvalue weighted by molar-refractivity contribution is 7.89. The first-order valence-electron chi connectivity index (χ1n) is 7.62. The molecule has 1 saturated heterocycles. The average molecular weight is 353 g/mol. The van der Waals surface area contributed by atoms with Gasteiger partial charge >= 0.3 is 5.69 Å². The van der Waals surface area contributed by atoms with Crippen LogP contribution in [0.2, 0.25) is 0 Å². The monoisotopic (exact) mass is 353 g/mol. The SMILES string of the molecule is Cn1c(=O)c2cc(S(=O)(=O)NC[C@@H]3CCCO3)ccc2n(C)c1=O. The molecule has 2 heterocycles. The van der Waals surface area contributed by atoms with Gasteiger partial charge < -0.3 is 4.74 Å². The molecule has 1 aromatic carbocycles. The van der Waals surface area contributed by atoms with Crippen molar-refractivity contribution in [1.29, 1.82) is 0 Å². The van der Waals surface area contributed by atoms with Crippen LogP contribution in [0.4, 0.5) is 0 Å². The Morgan fingerprint density at radius 3 is 2.67 bits per heavy atom. The van der Waals surface area contributed by atoms with Gasteiger partial charge in [0.15, 0.2) is 0 Å². The Labute approximate surface area is 138 Å². The second kappa shape index (κ2) is 6.15. The Balaban J connectivity index is 2.01. The Hall–Kier alpha value is -1.97. The van der Waals surface area contributed by atoms with Gasteiger partial charge in [-0.1, -0.05) is 0 Å². The standard InChI is InChI=1S/C15H19N3O5S/c1-17-13-6-5-11(8-12(13)14(19)18(2)15(17)20)24(21,22)16-9-10-4-3-7-23-10/h5-6,8,10,16H,3-4,7,9H2,1-2H3/t10-/m0/s1. The van der Waals surface area contributed by atoms with E-state index in [0.717, 1.165) is 17.4 Å². The molecule has 1 atom stereocenters. The summed E-state index contributed by atoms with van der Waals surface area (Å²) in [6, 6.07) is 4.16. The number of fused-ring (bicyclic) bond motifs is 1. The van der Waals surface area contributed by atoms with Crippen LogP contribution in [0.25, 0.3) is 10.9 Å². The summed E-state index contributed by atoms with van der Waals surface area (Å²) >= 11 is 0. The maximum absolute atomic E-state index is 12.4. The molecule has 0 unspecified atom stereocenters. The van der Waals surface area contributed by atoms with Crippen LogP contribution in [0.3, 0.4) is 0 Å². The molecule has 1 aliphatic rings. The predicted molar refractivity (Wildman–Crippen MR) is 88.6 cm³/mol. The lowest BCUT2D eigenvalue weighted by molar-refractivity contribution is 0.114. The van der Waals surface area contributed by atoms with E-state index in [1.165, 1.54) is 36.9 Å². The van der Waals surface area contributed by atoms with Gasteiger partial charge in [0.1, 0.15) is 0 Å². The van der Waals surface area contributed by atoms with E-state index < -0.39 is 21.3 Å². The zero-order valence-electron chi connectivity index (χ0n) is 13.5. The maximum atomic E-state index is 12.4. The van der Waals surface area contributed by atoms with Crippen LogP contribution in [0.5, 0.6) is 0 Å². The van der Waals surface area contributed by atoms with E-state index in [9.17, 15) is 18.0 Å². The predicted octanol–water partition coefficient (Wildman–Crippen LogP) is -0.305. The molecular weight excluding hydrogens is 334 g/mol. The van der Waals surface area contributed by atoms with Crippen LogP contribution >= 0.6 is 0 Å². The summed E-state index contributed by atoms with van der Waals surface area (Å²) in [4.78, 5) is 24.2. The van der Waals surface area contributed by atoms with Gasteiger partial charge in [0.05, 0.1) is 21.9 Å². The summed E-state index contributed by atoms with van der Waals surface area (Å²) in [7, 11) is -0.860. The molecule has 0 saturated carbocycles. The maximum Gasteiger partial charge on any atom is 0.330 e. The van der Waals surface area contributed by atoms with Crippen molar-refractivity contribution in [3.05, 3.63) is 39.0 Å². The van der Waals surface area contributed by atoms with Gasteiger partial charge in [0, 0.05) is 27.2 Å². The Morgan fingerprint density at radius 1 is 1.25 bits per heavy atom. The number of aromatic nitrogens is 2. The second-order valence-corrected chi connectivity index (χ2v) is 7.64. The van der Waals surface area contributed by atoms with Crippen LogP contribution in [-0.2, 0) is 28.9 Å². The summed E-state index contributed by atoms with van der Waals surface area (Å²) < 4.78 is 35.1. The van der Waals surface area contributed by atoms with Gasteiger partial charge in [0.25, 0.3) is 5.56 Å². The fourth-order valence-electron chi connectivity index (χ4n) is 2.83. The number of aryl methyl sites for hydroxylation is 1. The molecule has 0 bridgehead atoms. The summed E-state index contributed by atoms with van der Waals surface area (Å²) in [5, 5.41) is 0.180. The average Bonchev–Trinajstić information content (AvgIpc) is 3.09. The Morgan fingerprint density at radius 2 is 2.00 bits per heavy atom. The number of nitrogens with one attached hydrogen (secondary N) is 1. The molecule has 3 rings (SSSR count). The van der Waals surface area contributed by atoms with E-state index in [1.54, 1.807) is 0 Å². The third-order valence-corrected chi connectivity index (χ3v) is 5.69. The van der Waals surface area contributed by atoms with Crippen molar-refractivity contribution in [3.63, 3.8) is 0 Å². The first-order chi connectivity index (χ1) is 11.3. The van der Waals surface area contributed by atoms with Crippen molar-refractivity contribution in [2.75, 3.05) is 13.2 Å². The van der Waals surface area contributed by atoms with Gasteiger partial charge in [0.2, 0.25) is 10.0 Å². The smallest absolute Gasteiger partial charge is 0.330 e. The molecule has 8 nitrogen and oxygen atoms in total. The van der Waals surface area contributed by atoms with Gasteiger partial charge in [-0.2, -0.15) is 0 Å². The summed E-state index contributed by atoms with van der Waals surface area (Å²) in [5.41, 5.74) is -0.593. The number of sulfonamides is 1. The number of rotatable bonds is 4. The van der Waals surface area contributed by atoms with Crippen molar-refractivity contribution in [2.24, 2.45) is 14.1 Å². The van der Waals surface area contributed by atoms with Gasteiger partial charge in [-0.05, 0) is 31.0 Å². The quantitative estimate of drug-likeness (QED) is 0.813. The van der Waals surface area contributed by atoms with Crippen molar-refractivity contribution in [3.8, 4) is 0 Å². The molecular formula is C15H19N3O5S. The van der Waals surface area contributed by atoms with Crippen molar-refractivity contribution >= 4 is 20.9 Å². The Bertz CT molecular complexity index is 1000. The number of hydrogen-bond donors (Lipinski definition) is 1. The highest BCUT2D eigenvalue weighted by atomic mass is 32.2. The highest BCUT2D eigenvalue weighted by Crippen LogP contribution is 2.16. The fraction of sp³-hybridized carbons (Fsp3) is 0.467. The molecule has 130 valence electrons. The first kappa shape index (κ1) is 16.9. The lowest BCUT2D eigenvalue weighted by Gasteiger charge is -2.12. The van der Waals surface area contributed by atoms with E-state index in [0.29, 0.717) is 12.1 Å². The Kier molecular flexibility index (Phi) is 4.33. The van der Waals surface area contributed by atoms with E-state index in [4.69, 9.17) is 4.74 Å². The largest absolute Gasteiger partial charge is 0.377 e. The topological polar surface area (TPSA) is 99.4 Å². The van der Waals surface area contributed by atoms with Crippen LogP contribution in [-0.4, -0.2) is 36.8 Å². The van der Waals surface area contributed by atoms with E-state index in [2.05, 4.69) is 4.72 Å². The van der Waals surface area contributed by atoms with Crippen molar-refractivity contribution in [2.45, 2.75) is 23.8 Å². The molecule has 1 aromatic heterocycles. The molecule has 24 heavy (non-hydrogen) atoms. The minimum Gasteiger partial charge on any atom is -0.377 e. The van der Waals surface area contributed by atoms with Crippen LogP contribution in [0, 0.1) is 0 Å². The molecule has 2 aromatic rings. The lowest BCUT2D eigenvalue weighted by atomic mass is 10.2. The molecule has 1 aliphatic heterocycles. The normalized spacial score (nSPS) is 18.3. The third-order valence-electron chi connectivity index (χ3n) is 4.27. The van der Waals surface area contributed by atoms with Gasteiger partial charge in [-0.3, -0.25) is 13.9 Å². The minimum absolute atomic E-state index is 0.0104. The zero-order valence-corrected chi connectivity index (χ0v) is 14.3. The van der Waals surface area contributed by atoms with Crippen LogP contribution < -0.4 is 16.0 Å². The van der Waals surface area contributed by atoms with Crippen LogP contribution in [0.15, 0.2) is 32.7 Å². The number of ether oxygens (including phenoxy) is 1. The summed E-state index contributed by atoms with van der Waals surface area (Å²) in [6.45, 7) is 0.845. The summed E-state index contributed by atoms with van der Waals surface area (Å²) in [6.07, 6.45) is 1.63. The van der Waals surface area contributed by atoms with Crippen LogP contribution in [0.1, 0.15) is 12.8 Å². The molecule has 0 amide bonds. The van der Waals surface area contributed by atoms with E-state index in [1.807, 2.05) is 0 Å². The molecule has 0 aliphatic carbocycles. The van der Waals surface area contributed by atoms with E-state index >= 15 is 0 Å². The lowest BCUT2D eigenvalue weighted by Crippen LogP contribution is -2.37. The highest BCUT2D eigenvalue weighted by Gasteiger charge is 2.21. The number of nitrogens with zero attached hydrogens (tertiary/aromatic N) is 2. The third kappa shape index (κ3) is 2.90. The first-order valence-corrected chi connectivity index (χ1v) is 9.10. The minimum atomic E-state index is -3.76. The molecule has 1 fully saturated rings. The fourth-order valence-corrected chi connectivity index (χ4v) is 3.93. The van der Waals surface area contributed by atoms with Gasteiger partial charge in [-0.25, -0.2) is 17.9 Å². The van der Waals surface area contributed by atoms with Gasteiger partial charge in [-0.15, -0.1) is 0 Å². The molecule has 0 spiro atoms. The number of hydrogen-bond acceptors (Lipinski definition) is 5. The van der Waals surface area contributed by atoms with Crippen molar-refractivity contribution in [1.82, 2.24) is 13.9 Å². The summed E-state index contributed by atoms with van der Waals surface area (Å²) in [5.74, 6) is 0. The molecule has 9 heteroatoms. The van der Waals surface area contributed by atoms with Crippen molar-refractivity contribution < 1.29 is 13.2 Å². The molecule has 0 radical (unpaired) electrons.